The molecule has 1 atom stereocenters. The normalized spacial score (nSPS) is 17.2. The number of piperidine rings is 1. The number of aliphatic imine (C=N–C) groups is 1. The minimum Gasteiger partial charge on any atom is -0.357 e. The molecule has 2 heterocycles. The zero-order valence-electron chi connectivity index (χ0n) is 15.4. The highest BCUT2D eigenvalue weighted by atomic mass is 127. The van der Waals surface area contributed by atoms with E-state index in [9.17, 15) is 0 Å². The van der Waals surface area contributed by atoms with Crippen molar-refractivity contribution in [2.24, 2.45) is 10.9 Å². The molecule has 0 bridgehead atoms. The van der Waals surface area contributed by atoms with Crippen LogP contribution >= 0.6 is 24.0 Å². The molecule has 2 rings (SSSR count). The van der Waals surface area contributed by atoms with Gasteiger partial charge in [0.25, 0.3) is 0 Å². The van der Waals surface area contributed by atoms with E-state index in [1.54, 1.807) is 7.05 Å². The van der Waals surface area contributed by atoms with Crippen molar-refractivity contribution in [2.45, 2.75) is 52.6 Å². The second-order valence-corrected chi connectivity index (χ2v) is 6.57. The fourth-order valence-electron chi connectivity index (χ4n) is 2.66. The van der Waals surface area contributed by atoms with Gasteiger partial charge in [-0.2, -0.15) is 0 Å². The molecule has 6 heteroatoms. The highest BCUT2D eigenvalue weighted by Crippen LogP contribution is 2.21. The number of guanidine groups is 1. The summed E-state index contributed by atoms with van der Waals surface area (Å²) in [4.78, 5) is 11.3. The van der Waals surface area contributed by atoms with Crippen molar-refractivity contribution in [1.82, 2.24) is 15.6 Å². The number of halogens is 1. The summed E-state index contributed by atoms with van der Waals surface area (Å²) in [5, 5.41) is 6.71. The Balaban J connectivity index is 0.00000288. The molecule has 1 unspecified atom stereocenters. The van der Waals surface area contributed by atoms with Gasteiger partial charge in [0.05, 0.1) is 0 Å². The molecule has 24 heavy (non-hydrogen) atoms. The standard InChI is InChI=1S/C18H31N5.HI/c1-5-15(3)22-18(19-4)21-13-16-6-7-17(20-12-16)23-10-8-14(2)9-11-23;/h6-7,12,14-15H,5,8-11,13H2,1-4H3,(H2,19,21,22);1H. The van der Waals surface area contributed by atoms with Crippen LogP contribution in [0, 0.1) is 5.92 Å². The zero-order valence-corrected chi connectivity index (χ0v) is 17.7. The molecule has 1 aromatic rings. The summed E-state index contributed by atoms with van der Waals surface area (Å²) >= 11 is 0. The summed E-state index contributed by atoms with van der Waals surface area (Å²) in [6, 6.07) is 4.71. The first kappa shape index (κ1) is 21.0. The molecule has 0 radical (unpaired) electrons. The molecule has 0 aromatic carbocycles. The average Bonchev–Trinajstić information content (AvgIpc) is 2.59. The van der Waals surface area contributed by atoms with Crippen molar-refractivity contribution in [2.75, 3.05) is 25.0 Å². The van der Waals surface area contributed by atoms with E-state index in [0.29, 0.717) is 6.04 Å². The number of hydrogen-bond acceptors (Lipinski definition) is 3. The van der Waals surface area contributed by atoms with Crippen LogP contribution in [0.4, 0.5) is 5.82 Å². The summed E-state index contributed by atoms with van der Waals surface area (Å²) in [6.07, 6.45) is 5.58. The van der Waals surface area contributed by atoms with Crippen LogP contribution in [0.2, 0.25) is 0 Å². The third-order valence-electron chi connectivity index (χ3n) is 4.60. The van der Waals surface area contributed by atoms with Crippen molar-refractivity contribution in [3.05, 3.63) is 23.9 Å². The number of nitrogens with zero attached hydrogens (tertiary/aromatic N) is 3. The Morgan fingerprint density at radius 1 is 1.38 bits per heavy atom. The van der Waals surface area contributed by atoms with Gasteiger partial charge in [-0.15, -0.1) is 24.0 Å². The summed E-state index contributed by atoms with van der Waals surface area (Å²) in [5.41, 5.74) is 1.17. The van der Waals surface area contributed by atoms with Gasteiger partial charge in [0.1, 0.15) is 5.82 Å². The maximum atomic E-state index is 4.63. The Labute approximate surface area is 163 Å². The smallest absolute Gasteiger partial charge is 0.191 e. The molecule has 0 saturated carbocycles. The van der Waals surface area contributed by atoms with Gasteiger partial charge < -0.3 is 15.5 Å². The van der Waals surface area contributed by atoms with Crippen LogP contribution in [0.3, 0.4) is 0 Å². The molecule has 2 N–H and O–H groups in total. The Morgan fingerprint density at radius 3 is 2.62 bits per heavy atom. The lowest BCUT2D eigenvalue weighted by Gasteiger charge is -2.31. The van der Waals surface area contributed by atoms with Gasteiger partial charge in [0, 0.05) is 38.9 Å². The van der Waals surface area contributed by atoms with E-state index in [1.807, 2.05) is 6.20 Å². The largest absolute Gasteiger partial charge is 0.357 e. The molecule has 136 valence electrons. The van der Waals surface area contributed by atoms with Gasteiger partial charge in [-0.3, -0.25) is 4.99 Å². The highest BCUT2D eigenvalue weighted by Gasteiger charge is 2.16. The predicted molar refractivity (Wildman–Crippen MR) is 113 cm³/mol. The molecule has 1 aliphatic heterocycles. The van der Waals surface area contributed by atoms with Crippen molar-refractivity contribution in [3.63, 3.8) is 0 Å². The summed E-state index contributed by atoms with van der Waals surface area (Å²) < 4.78 is 0. The van der Waals surface area contributed by atoms with E-state index in [-0.39, 0.29) is 24.0 Å². The maximum Gasteiger partial charge on any atom is 0.191 e. The SMILES string of the molecule is CCC(C)NC(=NC)NCc1ccc(N2CCC(C)CC2)nc1.I. The minimum atomic E-state index is 0. The first-order valence-corrected chi connectivity index (χ1v) is 8.79. The molecule has 1 aliphatic rings. The maximum absolute atomic E-state index is 4.63. The summed E-state index contributed by atoms with van der Waals surface area (Å²) in [5.74, 6) is 2.79. The minimum absolute atomic E-state index is 0. The lowest BCUT2D eigenvalue weighted by atomic mass is 9.99. The van der Waals surface area contributed by atoms with Crippen LogP contribution in [-0.4, -0.2) is 37.1 Å². The Kier molecular flexibility index (Phi) is 9.39. The number of rotatable bonds is 5. The van der Waals surface area contributed by atoms with Crippen LogP contribution < -0.4 is 15.5 Å². The van der Waals surface area contributed by atoms with Crippen molar-refractivity contribution in [3.8, 4) is 0 Å². The van der Waals surface area contributed by atoms with Crippen molar-refractivity contribution < 1.29 is 0 Å². The molecule has 1 fully saturated rings. The lowest BCUT2D eigenvalue weighted by molar-refractivity contribution is 0.436. The van der Waals surface area contributed by atoms with Gasteiger partial charge in [-0.05, 0) is 43.7 Å². The topological polar surface area (TPSA) is 52.6 Å². The highest BCUT2D eigenvalue weighted by molar-refractivity contribution is 14.0. The molecule has 1 aromatic heterocycles. The van der Waals surface area contributed by atoms with E-state index in [1.165, 1.54) is 18.4 Å². The van der Waals surface area contributed by atoms with Crippen molar-refractivity contribution >= 4 is 35.8 Å². The van der Waals surface area contributed by atoms with Crippen LogP contribution in [0.5, 0.6) is 0 Å². The average molecular weight is 445 g/mol. The third kappa shape index (κ3) is 6.45. The van der Waals surface area contributed by atoms with Crippen molar-refractivity contribution in [1.29, 1.82) is 0 Å². The predicted octanol–water partition coefficient (Wildman–Crippen LogP) is 3.40. The fourth-order valence-corrected chi connectivity index (χ4v) is 2.66. The van der Waals surface area contributed by atoms with Gasteiger partial charge in [-0.1, -0.05) is 19.9 Å². The Hall–Kier alpha value is -1.05. The van der Waals surface area contributed by atoms with E-state index < -0.39 is 0 Å². The zero-order chi connectivity index (χ0) is 16.7. The fraction of sp³-hybridized carbons (Fsp3) is 0.667. The number of pyridine rings is 1. The Morgan fingerprint density at radius 2 is 2.08 bits per heavy atom. The van der Waals surface area contributed by atoms with Crippen LogP contribution in [-0.2, 0) is 6.54 Å². The van der Waals surface area contributed by atoms with E-state index in [4.69, 9.17) is 0 Å². The summed E-state index contributed by atoms with van der Waals surface area (Å²) in [6.45, 7) is 9.63. The van der Waals surface area contributed by atoms with Gasteiger partial charge in [0.2, 0.25) is 0 Å². The molecule has 0 amide bonds. The second kappa shape index (κ2) is 10.7. The number of anilines is 1. The van der Waals surface area contributed by atoms with Crippen LogP contribution in [0.25, 0.3) is 0 Å². The molecule has 0 aliphatic carbocycles. The second-order valence-electron chi connectivity index (χ2n) is 6.57. The first-order valence-electron chi connectivity index (χ1n) is 8.79. The lowest BCUT2D eigenvalue weighted by Crippen LogP contribution is -2.41. The van der Waals surface area contributed by atoms with E-state index in [0.717, 1.165) is 43.8 Å². The van der Waals surface area contributed by atoms with Gasteiger partial charge in [-0.25, -0.2) is 4.98 Å². The molecule has 0 spiro atoms. The quantitative estimate of drug-likeness (QED) is 0.415. The summed E-state index contributed by atoms with van der Waals surface area (Å²) in [7, 11) is 1.80. The van der Waals surface area contributed by atoms with Gasteiger partial charge >= 0.3 is 0 Å². The van der Waals surface area contributed by atoms with E-state index >= 15 is 0 Å². The number of aromatic nitrogens is 1. The molecule has 1 saturated heterocycles. The Bertz CT molecular complexity index is 495. The monoisotopic (exact) mass is 445 g/mol. The number of nitrogens with one attached hydrogen (secondary N) is 2. The van der Waals surface area contributed by atoms with E-state index in [2.05, 4.69) is 58.4 Å². The molecular formula is C18H32IN5. The van der Waals surface area contributed by atoms with Crippen LogP contribution in [0.15, 0.2) is 23.3 Å². The molecule has 5 nitrogen and oxygen atoms in total. The number of hydrogen-bond donors (Lipinski definition) is 2. The first-order chi connectivity index (χ1) is 11.1. The van der Waals surface area contributed by atoms with Gasteiger partial charge in [0.15, 0.2) is 5.96 Å². The third-order valence-corrected chi connectivity index (χ3v) is 4.60. The molecular weight excluding hydrogens is 413 g/mol. The van der Waals surface area contributed by atoms with Crippen LogP contribution in [0.1, 0.15) is 45.6 Å².